The summed E-state index contributed by atoms with van der Waals surface area (Å²) in [6.07, 6.45) is -4.32. The molecule has 0 bridgehead atoms. The van der Waals surface area contributed by atoms with Crippen molar-refractivity contribution in [2.45, 2.75) is 24.9 Å². The van der Waals surface area contributed by atoms with Gasteiger partial charge in [0.1, 0.15) is 12.3 Å². The molecule has 10 nitrogen and oxygen atoms in total. The molecule has 124 valence electrons. The minimum Gasteiger partial charge on any atom is -0.390 e. The number of nitrogens with zero attached hydrogens (tertiary/aromatic N) is 2. The van der Waals surface area contributed by atoms with Crippen LogP contribution in [-0.2, 0) is 13.8 Å². The van der Waals surface area contributed by atoms with Crippen molar-refractivity contribution < 1.29 is 37.5 Å². The molecule has 13 heteroatoms. The van der Waals surface area contributed by atoms with Crippen molar-refractivity contribution in [1.82, 2.24) is 9.55 Å². The van der Waals surface area contributed by atoms with Crippen molar-refractivity contribution in [3.05, 3.63) is 22.2 Å². The molecule has 2 rings (SSSR count). The molecule has 0 aliphatic carbocycles. The lowest BCUT2D eigenvalue weighted by Crippen LogP contribution is -2.32. The summed E-state index contributed by atoms with van der Waals surface area (Å²) < 4.78 is 47.1. The van der Waals surface area contributed by atoms with Crippen LogP contribution in [0.15, 0.2) is 4.79 Å². The highest BCUT2D eigenvalue weighted by Crippen LogP contribution is 2.38. The van der Waals surface area contributed by atoms with Crippen LogP contribution < -0.4 is 11.4 Å². The monoisotopic (exact) mass is 343 g/mol. The summed E-state index contributed by atoms with van der Waals surface area (Å²) in [5.74, 6) is -4.09. The SMILES string of the molecule is Nc1nc(=O)n([C@H]2C[C@H](O)[C@@H](COP(=O)(O)O)O2)c(F)c1F. The van der Waals surface area contributed by atoms with Gasteiger partial charge in [0.15, 0.2) is 5.82 Å². The van der Waals surface area contributed by atoms with Crippen LogP contribution in [0.4, 0.5) is 14.6 Å². The smallest absolute Gasteiger partial charge is 0.390 e. The summed E-state index contributed by atoms with van der Waals surface area (Å²) in [6, 6.07) is 0. The summed E-state index contributed by atoms with van der Waals surface area (Å²) in [5.41, 5.74) is 3.77. The third-order valence-corrected chi connectivity index (χ3v) is 3.42. The Morgan fingerprint density at radius 1 is 1.50 bits per heavy atom. The average Bonchev–Trinajstić information content (AvgIpc) is 2.74. The van der Waals surface area contributed by atoms with Crippen LogP contribution >= 0.6 is 7.82 Å². The zero-order valence-corrected chi connectivity index (χ0v) is 11.7. The second-order valence-electron chi connectivity index (χ2n) is 4.47. The molecule has 2 heterocycles. The third-order valence-electron chi connectivity index (χ3n) is 2.94. The van der Waals surface area contributed by atoms with Crippen LogP contribution in [0.2, 0.25) is 0 Å². The van der Waals surface area contributed by atoms with E-state index in [0.29, 0.717) is 0 Å². The lowest BCUT2D eigenvalue weighted by Gasteiger charge is -2.17. The minimum atomic E-state index is -4.79. The molecule has 0 unspecified atom stereocenters. The molecule has 1 aliphatic rings. The van der Waals surface area contributed by atoms with E-state index in [4.69, 9.17) is 20.3 Å². The normalized spacial score (nSPS) is 25.6. The second kappa shape index (κ2) is 5.99. The predicted octanol–water partition coefficient (Wildman–Crippen LogP) is -1.14. The molecular formula is C9H12F2N3O7P. The molecule has 1 fully saturated rings. The molecule has 3 atom stereocenters. The summed E-state index contributed by atoms with van der Waals surface area (Å²) >= 11 is 0. The van der Waals surface area contributed by atoms with Crippen molar-refractivity contribution in [3.63, 3.8) is 0 Å². The number of hydrogen-bond donors (Lipinski definition) is 4. The number of aromatic nitrogens is 2. The Hall–Kier alpha value is -1.43. The van der Waals surface area contributed by atoms with Gasteiger partial charge in [-0.3, -0.25) is 4.52 Å². The summed E-state index contributed by atoms with van der Waals surface area (Å²) in [7, 11) is -4.79. The molecule has 0 aromatic carbocycles. The van der Waals surface area contributed by atoms with E-state index in [1.165, 1.54) is 0 Å². The predicted molar refractivity (Wildman–Crippen MR) is 65.4 cm³/mol. The van der Waals surface area contributed by atoms with Crippen LogP contribution in [0.3, 0.4) is 0 Å². The number of phosphoric ester groups is 1. The number of aliphatic hydroxyl groups excluding tert-OH is 1. The van der Waals surface area contributed by atoms with Gasteiger partial charge in [0.05, 0.1) is 12.7 Å². The lowest BCUT2D eigenvalue weighted by atomic mass is 10.2. The number of anilines is 1. The Kier molecular flexibility index (Phi) is 4.61. The van der Waals surface area contributed by atoms with Gasteiger partial charge in [-0.1, -0.05) is 0 Å². The van der Waals surface area contributed by atoms with E-state index in [1.807, 2.05) is 0 Å². The molecule has 0 radical (unpaired) electrons. The number of hydrogen-bond acceptors (Lipinski definition) is 7. The number of phosphoric acid groups is 1. The third kappa shape index (κ3) is 3.48. The van der Waals surface area contributed by atoms with Gasteiger partial charge in [-0.25, -0.2) is 13.9 Å². The van der Waals surface area contributed by atoms with Crippen molar-refractivity contribution in [2.24, 2.45) is 0 Å². The van der Waals surface area contributed by atoms with Gasteiger partial charge in [-0.05, 0) is 0 Å². The zero-order chi connectivity index (χ0) is 16.7. The van der Waals surface area contributed by atoms with Gasteiger partial charge in [-0.15, -0.1) is 0 Å². The fraction of sp³-hybridized carbons (Fsp3) is 0.556. The van der Waals surface area contributed by atoms with Crippen LogP contribution in [0.1, 0.15) is 12.6 Å². The Labute approximate surface area is 121 Å². The van der Waals surface area contributed by atoms with Gasteiger partial charge < -0.3 is 25.4 Å². The summed E-state index contributed by atoms with van der Waals surface area (Å²) in [4.78, 5) is 31.8. The van der Waals surface area contributed by atoms with Crippen LogP contribution in [-0.4, -0.2) is 43.3 Å². The van der Waals surface area contributed by atoms with E-state index in [1.54, 1.807) is 0 Å². The van der Waals surface area contributed by atoms with E-state index >= 15 is 0 Å². The van der Waals surface area contributed by atoms with Crippen molar-refractivity contribution in [1.29, 1.82) is 0 Å². The maximum absolute atomic E-state index is 13.8. The number of nitrogens with two attached hydrogens (primary N) is 1. The van der Waals surface area contributed by atoms with Crippen molar-refractivity contribution >= 4 is 13.6 Å². The van der Waals surface area contributed by atoms with Gasteiger partial charge in [0.2, 0.25) is 11.8 Å². The van der Waals surface area contributed by atoms with Crippen molar-refractivity contribution in [2.75, 3.05) is 12.3 Å². The van der Waals surface area contributed by atoms with Gasteiger partial charge in [0.25, 0.3) is 0 Å². The largest absolute Gasteiger partial charge is 0.469 e. The molecular weight excluding hydrogens is 331 g/mol. The van der Waals surface area contributed by atoms with E-state index in [0.717, 1.165) is 0 Å². The van der Waals surface area contributed by atoms with Crippen molar-refractivity contribution in [3.8, 4) is 0 Å². The molecule has 1 aromatic heterocycles. The summed E-state index contributed by atoms with van der Waals surface area (Å²) in [5, 5.41) is 9.69. The van der Waals surface area contributed by atoms with Gasteiger partial charge in [-0.2, -0.15) is 13.8 Å². The van der Waals surface area contributed by atoms with Crippen LogP contribution in [0.5, 0.6) is 0 Å². The topological polar surface area (TPSA) is 157 Å². The first-order chi connectivity index (χ1) is 10.1. The first-order valence-corrected chi connectivity index (χ1v) is 7.40. The quantitative estimate of drug-likeness (QED) is 0.392. The number of rotatable bonds is 4. The molecule has 1 aliphatic heterocycles. The molecule has 5 N–H and O–H groups in total. The Bertz CT molecular complexity index is 678. The van der Waals surface area contributed by atoms with Crippen LogP contribution in [0.25, 0.3) is 0 Å². The van der Waals surface area contributed by atoms with E-state index in [-0.39, 0.29) is 11.0 Å². The fourth-order valence-corrected chi connectivity index (χ4v) is 2.29. The van der Waals surface area contributed by atoms with Crippen LogP contribution in [0, 0.1) is 11.8 Å². The number of ether oxygens (including phenoxy) is 1. The zero-order valence-electron chi connectivity index (χ0n) is 10.8. The molecule has 0 spiro atoms. The summed E-state index contributed by atoms with van der Waals surface area (Å²) in [6.45, 7) is -0.705. The Balaban J connectivity index is 2.21. The first kappa shape index (κ1) is 16.9. The van der Waals surface area contributed by atoms with Gasteiger partial charge >= 0.3 is 13.5 Å². The second-order valence-corrected chi connectivity index (χ2v) is 5.71. The highest BCUT2D eigenvalue weighted by atomic mass is 31.2. The average molecular weight is 343 g/mol. The molecule has 0 amide bonds. The lowest BCUT2D eigenvalue weighted by molar-refractivity contribution is -0.0490. The maximum atomic E-state index is 13.8. The number of nitrogen functional groups attached to an aromatic ring is 1. The molecule has 1 aromatic rings. The number of halogens is 2. The highest BCUT2D eigenvalue weighted by Gasteiger charge is 2.38. The van der Waals surface area contributed by atoms with E-state index < -0.39 is 56.1 Å². The Morgan fingerprint density at radius 3 is 2.73 bits per heavy atom. The molecule has 1 saturated heterocycles. The molecule has 0 saturated carbocycles. The first-order valence-electron chi connectivity index (χ1n) is 5.86. The maximum Gasteiger partial charge on any atom is 0.469 e. The Morgan fingerprint density at radius 2 is 2.14 bits per heavy atom. The molecule has 22 heavy (non-hydrogen) atoms. The van der Waals surface area contributed by atoms with E-state index in [2.05, 4.69) is 9.51 Å². The minimum absolute atomic E-state index is 0.215. The van der Waals surface area contributed by atoms with E-state index in [9.17, 15) is 23.2 Å². The number of aliphatic hydroxyl groups is 1. The standard InChI is InChI=1S/C9H12F2N3O7P/c10-6-7(11)14(9(16)13-8(6)12)5-1-3(15)4(21-5)2-20-22(17,18)19/h3-5,15H,1-2H2,(H2,12,13,16)(H2,17,18,19)/t3-,4+,5+/m0/s1. The fourth-order valence-electron chi connectivity index (χ4n) is 1.94. The van der Waals surface area contributed by atoms with Gasteiger partial charge in [0, 0.05) is 6.42 Å². The highest BCUT2D eigenvalue weighted by molar-refractivity contribution is 7.46.